The lowest BCUT2D eigenvalue weighted by Crippen LogP contribution is -2.13. The minimum Gasteiger partial charge on any atom is -0.472 e. The van der Waals surface area contributed by atoms with Gasteiger partial charge < -0.3 is 40.3 Å². The van der Waals surface area contributed by atoms with Crippen LogP contribution < -0.4 is 0 Å². The highest BCUT2D eigenvalue weighted by Crippen LogP contribution is 2.26. The van der Waals surface area contributed by atoms with E-state index in [1.807, 2.05) is 86.6 Å². The van der Waals surface area contributed by atoms with Gasteiger partial charge in [-0.15, -0.1) is 10.2 Å². The molecule has 11 rings (SSSR count). The van der Waals surface area contributed by atoms with E-state index in [1.54, 1.807) is 68.7 Å². The molecule has 0 aliphatic rings. The summed E-state index contributed by atoms with van der Waals surface area (Å²) in [6.07, 6.45) is 21.5. The molecule has 0 amide bonds. The first-order chi connectivity index (χ1) is 45.2. The molecule has 0 radical (unpaired) electrons. The highest BCUT2D eigenvalue weighted by Gasteiger charge is 2.24. The maximum absolute atomic E-state index is 5.20. The van der Waals surface area contributed by atoms with Gasteiger partial charge in [-0.2, -0.15) is 4.98 Å². The molecule has 0 saturated carbocycles. The third kappa shape index (κ3) is 37.5. The van der Waals surface area contributed by atoms with Gasteiger partial charge in [0.2, 0.25) is 12.2 Å². The molecule has 11 aromatic heterocycles. The minimum absolute atomic E-state index is 0.00694. The SMILES string of the molecule is CC(C)(C)c1ccco1.CC(C)(C)c1ccoc1.CC(C)(C)c1ccoc1.CC(C)(C)c1cnno1.CC(C)(C)c1cnoc1.CC(C)(C)c1cnon1.CC(C)(C)c1cocn1.CC(C)(C)c1conn1.CC(C)(C)c1ncon1.CC(C)(C)c1nnno1.CC(C)(C)c1nnon1. The van der Waals surface area contributed by atoms with Gasteiger partial charge in [0.05, 0.1) is 66.1 Å². The van der Waals surface area contributed by atoms with E-state index in [0.29, 0.717) is 11.7 Å². The summed E-state index contributed by atoms with van der Waals surface area (Å²) in [7, 11) is 0. The second-order valence-electron chi connectivity index (χ2n) is 34.0. The maximum atomic E-state index is 5.20. The first kappa shape index (κ1) is 88.0. The van der Waals surface area contributed by atoms with Crippen LogP contribution in [-0.4, -0.2) is 82.4 Å². The average molecular weight is 1380 g/mol. The van der Waals surface area contributed by atoms with Crippen molar-refractivity contribution in [3.63, 3.8) is 0 Å². The van der Waals surface area contributed by atoms with Crippen LogP contribution in [0.15, 0.2) is 155 Å². The lowest BCUT2D eigenvalue weighted by atomic mass is 9.89. The molecular formula is C72H116N16O11. The lowest BCUT2D eigenvalue weighted by Gasteiger charge is -2.14. The number of furan rings is 3. The highest BCUT2D eigenvalue weighted by atomic mass is 16.6. The predicted molar refractivity (Wildman–Crippen MR) is 376 cm³/mol. The number of aromatic nitrogens is 16. The molecule has 11 aromatic rings. The lowest BCUT2D eigenvalue weighted by molar-refractivity contribution is 0.287. The van der Waals surface area contributed by atoms with E-state index >= 15 is 0 Å². The molecule has 11 heterocycles. The van der Waals surface area contributed by atoms with Gasteiger partial charge in [-0.1, -0.05) is 259 Å². The molecule has 550 valence electrons. The molecule has 27 heteroatoms. The second kappa shape index (κ2) is 38.4. The highest BCUT2D eigenvalue weighted by molar-refractivity contribution is 5.17. The second-order valence-corrected chi connectivity index (χ2v) is 34.0. The zero-order valence-electron chi connectivity index (χ0n) is 65.5. The topological polar surface area (TPSA) is 351 Å². The zero-order chi connectivity index (χ0) is 76.0. The van der Waals surface area contributed by atoms with Crippen LogP contribution >= 0.6 is 0 Å². The van der Waals surface area contributed by atoms with Gasteiger partial charge in [-0.05, 0) is 62.0 Å². The monoisotopic (exact) mass is 1380 g/mol. The van der Waals surface area contributed by atoms with Crippen LogP contribution in [0.2, 0.25) is 0 Å². The number of nitrogens with zero attached hydrogens (tertiary/aromatic N) is 16. The summed E-state index contributed by atoms with van der Waals surface area (Å²) in [4.78, 5) is 7.93. The fraction of sp³-hybridized carbons (Fsp3) is 0.611. The molecule has 0 aliphatic heterocycles. The van der Waals surface area contributed by atoms with Crippen molar-refractivity contribution in [3.05, 3.63) is 169 Å². The van der Waals surface area contributed by atoms with Crippen LogP contribution in [0, 0.1) is 0 Å². The molecule has 0 atom stereocenters. The predicted octanol–water partition coefficient (Wildman–Crippen LogP) is 18.7. The summed E-state index contributed by atoms with van der Waals surface area (Å²) < 4.78 is 52.1. The molecule has 0 saturated heterocycles. The molecule has 99 heavy (non-hydrogen) atoms. The van der Waals surface area contributed by atoms with E-state index in [-0.39, 0.29) is 59.6 Å². The van der Waals surface area contributed by atoms with Gasteiger partial charge in [0.25, 0.3) is 5.89 Å². The Morgan fingerprint density at radius 2 is 0.869 bits per heavy atom. The zero-order valence-corrected chi connectivity index (χ0v) is 65.5. The Morgan fingerprint density at radius 1 is 0.313 bits per heavy atom. The van der Waals surface area contributed by atoms with Crippen LogP contribution in [0.4, 0.5) is 0 Å². The number of rotatable bonds is 0. The Hall–Kier alpha value is -9.04. The number of hydrogen-bond acceptors (Lipinski definition) is 27. The standard InChI is InChI=1S/3C8H12O.2C7H11NO.4C6H10N2O.2C5H9N3O/c2*1-8(2,3)7-4-5-9-6-7;1-8(2,3)7-5-4-6-9-7;1-7(2,3)6-4-9-5-8-6;1-7(2,3)6-4-8-9-5-6;1-6(2,3)5-7-4-9-8-5;1-6(2,3)5-4-9-8-7-5;1-6(2,3)5-4-7-8-9-5;1-6(2,3)5-4-7-9-8-5;1-5(2,3)4-6-7-8-9-4;1-5(2,3)4-6-8-9-7-4/h3*4-6H,1-3H3;2*4-5H,1-3H3;4*4H,1-3H3;2*1-3H3. The van der Waals surface area contributed by atoms with Crippen molar-refractivity contribution in [1.29, 1.82) is 0 Å². The normalized spacial score (nSPS) is 11.9. The summed E-state index contributed by atoms with van der Waals surface area (Å²) in [5, 5.41) is 49.3. The molecule has 0 aliphatic carbocycles. The van der Waals surface area contributed by atoms with Crippen molar-refractivity contribution in [2.75, 3.05) is 0 Å². The summed E-state index contributed by atoms with van der Waals surface area (Å²) in [6, 6.07) is 7.92. The van der Waals surface area contributed by atoms with Gasteiger partial charge in [0.1, 0.15) is 35.9 Å². The fourth-order valence-corrected chi connectivity index (χ4v) is 6.07. The van der Waals surface area contributed by atoms with E-state index in [0.717, 1.165) is 40.0 Å². The van der Waals surface area contributed by atoms with Crippen LogP contribution in [0.3, 0.4) is 0 Å². The van der Waals surface area contributed by atoms with Crippen molar-refractivity contribution in [1.82, 2.24) is 82.4 Å². The molecule has 0 bridgehead atoms. The van der Waals surface area contributed by atoms with Crippen LogP contribution in [0.5, 0.6) is 0 Å². The largest absolute Gasteiger partial charge is 0.472 e. The van der Waals surface area contributed by atoms with E-state index in [9.17, 15) is 0 Å². The van der Waals surface area contributed by atoms with Gasteiger partial charge >= 0.3 is 0 Å². The molecule has 0 aromatic carbocycles. The van der Waals surface area contributed by atoms with Crippen molar-refractivity contribution in [2.45, 2.75) is 288 Å². The van der Waals surface area contributed by atoms with Crippen molar-refractivity contribution < 1.29 is 49.5 Å². The number of oxazole rings is 1. The Morgan fingerprint density at radius 3 is 1.07 bits per heavy atom. The Labute approximate surface area is 586 Å². The fourth-order valence-electron chi connectivity index (χ4n) is 6.07. The molecule has 0 unspecified atom stereocenters. The van der Waals surface area contributed by atoms with E-state index in [2.05, 4.69) is 267 Å². The van der Waals surface area contributed by atoms with E-state index in [1.165, 1.54) is 23.9 Å². The third-order valence-electron chi connectivity index (χ3n) is 12.8. The molecule has 27 nitrogen and oxygen atoms in total. The van der Waals surface area contributed by atoms with Crippen LogP contribution in [0.25, 0.3) is 0 Å². The Balaban J connectivity index is 0.000000544. The summed E-state index contributed by atoms with van der Waals surface area (Å²) >= 11 is 0. The molecule has 0 fully saturated rings. The molecular weight excluding hydrogens is 1260 g/mol. The Bertz CT molecular complexity index is 2740. The van der Waals surface area contributed by atoms with Gasteiger partial charge in [0, 0.05) is 59.4 Å². The van der Waals surface area contributed by atoms with Crippen molar-refractivity contribution in [3.8, 4) is 0 Å². The van der Waals surface area contributed by atoms with Gasteiger partial charge in [-0.3, -0.25) is 0 Å². The summed E-state index contributed by atoms with van der Waals surface area (Å²) in [5.74, 6) is 3.83. The maximum Gasteiger partial charge on any atom is 0.253 e. The van der Waals surface area contributed by atoms with Crippen LogP contribution in [-0.2, 0) is 59.6 Å². The quantitative estimate of drug-likeness (QED) is 0.136. The average Bonchev–Trinajstić information content (AvgIpc) is 2.06. The van der Waals surface area contributed by atoms with Crippen molar-refractivity contribution in [2.24, 2.45) is 0 Å². The third-order valence-corrected chi connectivity index (χ3v) is 12.8. The molecule has 0 N–H and O–H groups in total. The summed E-state index contributed by atoms with van der Waals surface area (Å²) in [6.45, 7) is 68.7. The van der Waals surface area contributed by atoms with Gasteiger partial charge in [-0.25, -0.2) is 14.2 Å². The van der Waals surface area contributed by atoms with E-state index < -0.39 is 0 Å². The Kier molecular flexibility index (Phi) is 34.1. The smallest absolute Gasteiger partial charge is 0.253 e. The molecule has 0 spiro atoms. The number of hydrogen-bond donors (Lipinski definition) is 0. The first-order valence-electron chi connectivity index (χ1n) is 32.5. The van der Waals surface area contributed by atoms with Crippen molar-refractivity contribution >= 4 is 0 Å². The minimum atomic E-state index is -0.0799. The van der Waals surface area contributed by atoms with Gasteiger partial charge in [0.15, 0.2) is 18.0 Å². The van der Waals surface area contributed by atoms with Crippen LogP contribution in [0.1, 0.15) is 291 Å². The summed E-state index contributed by atoms with van der Waals surface area (Å²) in [5.41, 5.74) is 7.34. The first-order valence-corrected chi connectivity index (χ1v) is 32.5. The van der Waals surface area contributed by atoms with E-state index in [4.69, 9.17) is 31.2 Å².